The zero-order valence-corrected chi connectivity index (χ0v) is 10.6. The van der Waals surface area contributed by atoms with Gasteiger partial charge in [0.1, 0.15) is 0 Å². The van der Waals surface area contributed by atoms with Crippen LogP contribution >= 0.6 is 11.3 Å². The highest BCUT2D eigenvalue weighted by molar-refractivity contribution is 7.10. The van der Waals surface area contributed by atoms with Crippen LogP contribution in [0.15, 0.2) is 17.5 Å². The molecule has 0 N–H and O–H groups in total. The van der Waals surface area contributed by atoms with Crippen molar-refractivity contribution >= 4 is 17.2 Å². The van der Waals surface area contributed by atoms with Gasteiger partial charge in [0.2, 0.25) is 5.91 Å². The van der Waals surface area contributed by atoms with Crippen molar-refractivity contribution in [2.24, 2.45) is 0 Å². The van der Waals surface area contributed by atoms with Crippen LogP contribution in [0.25, 0.3) is 0 Å². The molecule has 2 nitrogen and oxygen atoms in total. The summed E-state index contributed by atoms with van der Waals surface area (Å²) in [7, 11) is 0. The summed E-state index contributed by atoms with van der Waals surface area (Å²) < 4.78 is 0. The maximum atomic E-state index is 12.2. The van der Waals surface area contributed by atoms with Crippen LogP contribution in [0.4, 0.5) is 0 Å². The summed E-state index contributed by atoms with van der Waals surface area (Å²) >= 11 is 1.68. The van der Waals surface area contributed by atoms with Crippen LogP contribution in [0.1, 0.15) is 37.5 Å². The highest BCUT2D eigenvalue weighted by Crippen LogP contribution is 2.21. The van der Waals surface area contributed by atoms with Crippen LogP contribution in [-0.2, 0) is 11.2 Å². The van der Waals surface area contributed by atoms with Gasteiger partial charge in [0.05, 0.1) is 6.42 Å². The van der Waals surface area contributed by atoms with Gasteiger partial charge in [-0.25, -0.2) is 0 Å². The van der Waals surface area contributed by atoms with E-state index in [9.17, 15) is 4.79 Å². The molecule has 1 aliphatic rings. The van der Waals surface area contributed by atoms with E-state index in [2.05, 4.69) is 11.8 Å². The predicted molar refractivity (Wildman–Crippen MR) is 67.7 cm³/mol. The molecule has 1 saturated heterocycles. The lowest BCUT2D eigenvalue weighted by Gasteiger charge is -2.35. The van der Waals surface area contributed by atoms with Crippen molar-refractivity contribution in [3.8, 4) is 0 Å². The number of amides is 1. The number of carbonyl (C=O) groups is 1. The molecule has 0 spiro atoms. The van der Waals surface area contributed by atoms with Gasteiger partial charge < -0.3 is 4.90 Å². The smallest absolute Gasteiger partial charge is 0.228 e. The van der Waals surface area contributed by atoms with Gasteiger partial charge in [0.15, 0.2) is 0 Å². The van der Waals surface area contributed by atoms with Gasteiger partial charge in [0.25, 0.3) is 0 Å². The second kappa shape index (κ2) is 5.48. The molecule has 0 aromatic carbocycles. The normalized spacial score (nSPS) is 21.1. The molecule has 1 fully saturated rings. The van der Waals surface area contributed by atoms with Crippen molar-refractivity contribution in [1.29, 1.82) is 0 Å². The Bertz CT molecular complexity index is 334. The molecule has 3 heteroatoms. The molecule has 0 bridgehead atoms. The number of hydrogen-bond acceptors (Lipinski definition) is 2. The highest BCUT2D eigenvalue weighted by atomic mass is 32.1. The van der Waals surface area contributed by atoms with E-state index < -0.39 is 0 Å². The van der Waals surface area contributed by atoms with Gasteiger partial charge in [-0.15, -0.1) is 11.3 Å². The van der Waals surface area contributed by atoms with Gasteiger partial charge in [-0.3, -0.25) is 4.79 Å². The summed E-state index contributed by atoms with van der Waals surface area (Å²) in [4.78, 5) is 15.5. The van der Waals surface area contributed by atoms with Crippen LogP contribution < -0.4 is 0 Å². The third-order valence-corrected chi connectivity index (χ3v) is 4.20. The van der Waals surface area contributed by atoms with Crippen LogP contribution in [0, 0.1) is 0 Å². The summed E-state index contributed by atoms with van der Waals surface area (Å²) in [5.74, 6) is 0.314. The van der Waals surface area contributed by atoms with E-state index in [0.717, 1.165) is 13.0 Å². The molecule has 16 heavy (non-hydrogen) atoms. The molecule has 88 valence electrons. The molecule has 1 aliphatic heterocycles. The van der Waals surface area contributed by atoms with E-state index in [1.165, 1.54) is 24.1 Å². The molecule has 1 aromatic rings. The summed E-state index contributed by atoms with van der Waals surface area (Å²) in [6, 6.07) is 4.55. The zero-order chi connectivity index (χ0) is 11.4. The van der Waals surface area contributed by atoms with Crippen molar-refractivity contribution < 1.29 is 4.79 Å². The lowest BCUT2D eigenvalue weighted by atomic mass is 9.99. The minimum absolute atomic E-state index is 0.314. The summed E-state index contributed by atoms with van der Waals surface area (Å²) in [5.41, 5.74) is 0. The standard InChI is InChI=1S/C13H19NOS/c1-2-11-6-3-4-8-14(11)13(15)10-12-7-5-9-16-12/h5,7,9,11H,2-4,6,8,10H2,1H3. The fraction of sp³-hybridized carbons (Fsp3) is 0.615. The lowest BCUT2D eigenvalue weighted by molar-refractivity contribution is -0.134. The third kappa shape index (κ3) is 2.64. The lowest BCUT2D eigenvalue weighted by Crippen LogP contribution is -2.44. The molecule has 0 radical (unpaired) electrons. The molecular weight excluding hydrogens is 218 g/mol. The van der Waals surface area contributed by atoms with Gasteiger partial charge in [0, 0.05) is 17.5 Å². The SMILES string of the molecule is CCC1CCCCN1C(=O)Cc1cccs1. The minimum Gasteiger partial charge on any atom is -0.339 e. The van der Waals surface area contributed by atoms with Crippen LogP contribution in [0.2, 0.25) is 0 Å². The topological polar surface area (TPSA) is 20.3 Å². The molecule has 1 unspecified atom stereocenters. The van der Waals surface area contributed by atoms with E-state index >= 15 is 0 Å². The van der Waals surface area contributed by atoms with E-state index in [1.54, 1.807) is 11.3 Å². The Hall–Kier alpha value is -0.830. The van der Waals surface area contributed by atoms with E-state index in [1.807, 2.05) is 17.5 Å². The Labute approximate surface area is 101 Å². The molecule has 0 saturated carbocycles. The average molecular weight is 237 g/mol. The summed E-state index contributed by atoms with van der Waals surface area (Å²) in [6.45, 7) is 3.14. The van der Waals surface area contributed by atoms with Crippen molar-refractivity contribution in [2.75, 3.05) is 6.54 Å². The summed E-state index contributed by atoms with van der Waals surface area (Å²) in [6.07, 6.45) is 5.32. The second-order valence-corrected chi connectivity index (χ2v) is 5.43. The van der Waals surface area contributed by atoms with E-state index in [4.69, 9.17) is 0 Å². The van der Waals surface area contributed by atoms with Crippen molar-refractivity contribution in [3.05, 3.63) is 22.4 Å². The number of likely N-dealkylation sites (tertiary alicyclic amines) is 1. The Kier molecular flexibility index (Phi) is 3.99. The quantitative estimate of drug-likeness (QED) is 0.791. The molecule has 2 rings (SSSR count). The van der Waals surface area contributed by atoms with Gasteiger partial charge in [-0.05, 0) is 37.1 Å². The Morgan fingerprint density at radius 3 is 3.12 bits per heavy atom. The van der Waals surface area contributed by atoms with Gasteiger partial charge in [-0.1, -0.05) is 13.0 Å². The molecule has 2 heterocycles. The highest BCUT2D eigenvalue weighted by Gasteiger charge is 2.25. The molecule has 0 aliphatic carbocycles. The Morgan fingerprint density at radius 2 is 2.44 bits per heavy atom. The van der Waals surface area contributed by atoms with Crippen molar-refractivity contribution in [1.82, 2.24) is 4.90 Å². The fourth-order valence-electron chi connectivity index (χ4n) is 2.42. The third-order valence-electron chi connectivity index (χ3n) is 3.32. The first-order valence-corrected chi connectivity index (χ1v) is 7.01. The maximum Gasteiger partial charge on any atom is 0.228 e. The van der Waals surface area contributed by atoms with Crippen LogP contribution in [-0.4, -0.2) is 23.4 Å². The minimum atomic E-state index is 0.314. The number of piperidine rings is 1. The maximum absolute atomic E-state index is 12.2. The predicted octanol–water partition coefficient (Wildman–Crippen LogP) is 3.08. The van der Waals surface area contributed by atoms with Crippen molar-refractivity contribution in [2.45, 2.75) is 45.1 Å². The van der Waals surface area contributed by atoms with Gasteiger partial charge in [-0.2, -0.15) is 0 Å². The summed E-state index contributed by atoms with van der Waals surface area (Å²) in [5, 5.41) is 2.04. The fourth-order valence-corrected chi connectivity index (χ4v) is 3.11. The number of thiophene rings is 1. The average Bonchev–Trinajstić information content (AvgIpc) is 2.81. The van der Waals surface area contributed by atoms with Crippen LogP contribution in [0.3, 0.4) is 0 Å². The number of rotatable bonds is 3. The van der Waals surface area contributed by atoms with Gasteiger partial charge >= 0.3 is 0 Å². The number of hydrogen-bond donors (Lipinski definition) is 0. The van der Waals surface area contributed by atoms with E-state index in [0.29, 0.717) is 18.4 Å². The Morgan fingerprint density at radius 1 is 1.56 bits per heavy atom. The zero-order valence-electron chi connectivity index (χ0n) is 9.82. The first kappa shape index (κ1) is 11.6. The largest absolute Gasteiger partial charge is 0.339 e. The first-order chi connectivity index (χ1) is 7.81. The van der Waals surface area contributed by atoms with E-state index in [-0.39, 0.29) is 0 Å². The second-order valence-electron chi connectivity index (χ2n) is 4.40. The Balaban J connectivity index is 1.97. The molecule has 1 aromatic heterocycles. The van der Waals surface area contributed by atoms with Crippen molar-refractivity contribution in [3.63, 3.8) is 0 Å². The number of nitrogens with zero attached hydrogens (tertiary/aromatic N) is 1. The molecule has 1 amide bonds. The molecule has 1 atom stereocenters. The number of carbonyl (C=O) groups excluding carboxylic acids is 1. The first-order valence-electron chi connectivity index (χ1n) is 6.13. The molecular formula is C13H19NOS. The monoisotopic (exact) mass is 237 g/mol. The van der Waals surface area contributed by atoms with Crippen LogP contribution in [0.5, 0.6) is 0 Å².